The van der Waals surface area contributed by atoms with E-state index in [0.717, 1.165) is 18.9 Å². The predicted molar refractivity (Wildman–Crippen MR) is 64.6 cm³/mol. The van der Waals surface area contributed by atoms with E-state index in [0.29, 0.717) is 13.1 Å². The highest BCUT2D eigenvalue weighted by atomic mass is 16.6. The number of rotatable bonds is 2. The van der Waals surface area contributed by atoms with E-state index in [9.17, 15) is 20.0 Å². The number of urea groups is 1. The van der Waals surface area contributed by atoms with Crippen molar-refractivity contribution < 1.29 is 14.8 Å². The zero-order chi connectivity index (χ0) is 13.1. The molecule has 7 nitrogen and oxygen atoms in total. The number of nitro benzene ring substituents is 1. The van der Waals surface area contributed by atoms with Gasteiger partial charge in [-0.15, -0.1) is 0 Å². The molecular weight excluding hydrogens is 238 g/mol. The van der Waals surface area contributed by atoms with Crippen LogP contribution in [0.2, 0.25) is 0 Å². The third kappa shape index (κ3) is 2.50. The van der Waals surface area contributed by atoms with Gasteiger partial charge in [0.05, 0.1) is 10.6 Å². The average molecular weight is 251 g/mol. The summed E-state index contributed by atoms with van der Waals surface area (Å²) in [4.78, 5) is 23.4. The number of benzene rings is 1. The largest absolute Gasteiger partial charge is 0.506 e. The molecule has 1 fully saturated rings. The number of non-ortho nitro benzene ring substituents is 1. The van der Waals surface area contributed by atoms with Gasteiger partial charge in [0.2, 0.25) is 0 Å². The molecule has 0 radical (unpaired) electrons. The molecule has 2 N–H and O–H groups in total. The smallest absolute Gasteiger partial charge is 0.321 e. The summed E-state index contributed by atoms with van der Waals surface area (Å²) in [6.07, 6.45) is 1.91. The molecule has 0 atom stereocenters. The van der Waals surface area contributed by atoms with Crippen LogP contribution in [-0.4, -0.2) is 34.1 Å². The molecule has 96 valence electrons. The Morgan fingerprint density at radius 1 is 1.39 bits per heavy atom. The summed E-state index contributed by atoms with van der Waals surface area (Å²) in [6, 6.07) is 3.17. The van der Waals surface area contributed by atoms with Crippen molar-refractivity contribution in [1.29, 1.82) is 0 Å². The molecule has 1 aliphatic rings. The lowest BCUT2D eigenvalue weighted by atomic mass is 10.2. The number of carbonyl (C=O) groups excluding carboxylic acids is 1. The van der Waals surface area contributed by atoms with Crippen LogP contribution in [0.3, 0.4) is 0 Å². The second-order valence-electron chi connectivity index (χ2n) is 4.08. The summed E-state index contributed by atoms with van der Waals surface area (Å²) >= 11 is 0. The first kappa shape index (κ1) is 12.2. The maximum atomic E-state index is 11.8. The Morgan fingerprint density at radius 3 is 2.67 bits per heavy atom. The number of phenols is 1. The minimum Gasteiger partial charge on any atom is -0.506 e. The number of nitrogens with zero attached hydrogens (tertiary/aromatic N) is 2. The summed E-state index contributed by atoms with van der Waals surface area (Å²) in [5, 5.41) is 22.6. The van der Waals surface area contributed by atoms with Crippen molar-refractivity contribution in [3.8, 4) is 5.75 Å². The number of hydrogen-bond donors (Lipinski definition) is 2. The molecule has 0 aliphatic carbocycles. The van der Waals surface area contributed by atoms with Crippen molar-refractivity contribution in [1.82, 2.24) is 4.90 Å². The summed E-state index contributed by atoms with van der Waals surface area (Å²) in [6.45, 7) is 1.34. The lowest BCUT2D eigenvalue weighted by molar-refractivity contribution is -0.384. The quantitative estimate of drug-likeness (QED) is 0.477. The molecule has 1 aliphatic heterocycles. The molecular formula is C11H13N3O4. The van der Waals surface area contributed by atoms with Crippen LogP contribution < -0.4 is 5.32 Å². The minimum atomic E-state index is -0.578. The van der Waals surface area contributed by atoms with Gasteiger partial charge >= 0.3 is 6.03 Å². The monoisotopic (exact) mass is 251 g/mol. The van der Waals surface area contributed by atoms with Gasteiger partial charge in [-0.2, -0.15) is 0 Å². The maximum absolute atomic E-state index is 11.8. The van der Waals surface area contributed by atoms with Gasteiger partial charge in [-0.05, 0) is 18.9 Å². The summed E-state index contributed by atoms with van der Waals surface area (Å²) < 4.78 is 0. The first-order chi connectivity index (χ1) is 8.58. The molecule has 2 amide bonds. The van der Waals surface area contributed by atoms with Gasteiger partial charge in [0.25, 0.3) is 5.69 Å². The van der Waals surface area contributed by atoms with E-state index >= 15 is 0 Å². The van der Waals surface area contributed by atoms with E-state index in [1.165, 1.54) is 12.1 Å². The number of nitrogens with one attached hydrogen (secondary N) is 1. The summed E-state index contributed by atoms with van der Waals surface area (Å²) in [7, 11) is 0. The van der Waals surface area contributed by atoms with E-state index in [1.807, 2.05) is 0 Å². The Balaban J connectivity index is 2.14. The van der Waals surface area contributed by atoms with E-state index < -0.39 is 4.92 Å². The fraction of sp³-hybridized carbons (Fsp3) is 0.364. The van der Waals surface area contributed by atoms with Gasteiger partial charge in [0, 0.05) is 25.2 Å². The van der Waals surface area contributed by atoms with Crippen LogP contribution in [0.5, 0.6) is 5.75 Å². The summed E-state index contributed by atoms with van der Waals surface area (Å²) in [5.41, 5.74) is -0.120. The second kappa shape index (κ2) is 4.91. The molecule has 1 aromatic carbocycles. The molecule has 18 heavy (non-hydrogen) atoms. The van der Waals surface area contributed by atoms with Crippen molar-refractivity contribution >= 4 is 17.4 Å². The fourth-order valence-corrected chi connectivity index (χ4v) is 1.85. The van der Waals surface area contributed by atoms with Crippen LogP contribution >= 0.6 is 0 Å². The number of nitro groups is 1. The molecule has 2 rings (SSSR count). The van der Waals surface area contributed by atoms with Gasteiger partial charge in [0.15, 0.2) is 0 Å². The molecule has 0 aromatic heterocycles. The SMILES string of the molecule is O=C(Nc1cc([N+](=O)[O-])ccc1O)N1CCCC1. The molecule has 0 bridgehead atoms. The lowest BCUT2D eigenvalue weighted by Crippen LogP contribution is -2.32. The number of amides is 2. The van der Waals surface area contributed by atoms with E-state index in [2.05, 4.69) is 5.32 Å². The predicted octanol–water partition coefficient (Wildman–Crippen LogP) is 1.93. The Labute approximate surface area is 103 Å². The van der Waals surface area contributed by atoms with Crippen molar-refractivity contribution in [2.45, 2.75) is 12.8 Å². The van der Waals surface area contributed by atoms with Gasteiger partial charge in [0.1, 0.15) is 5.75 Å². The number of anilines is 1. The highest BCUT2D eigenvalue weighted by Crippen LogP contribution is 2.28. The molecule has 1 saturated heterocycles. The third-order valence-electron chi connectivity index (χ3n) is 2.83. The standard InChI is InChI=1S/C11H13N3O4/c15-10-4-3-8(14(17)18)7-9(10)12-11(16)13-5-1-2-6-13/h3-4,7,15H,1-2,5-6H2,(H,12,16). The van der Waals surface area contributed by atoms with Crippen LogP contribution in [0.25, 0.3) is 0 Å². The topological polar surface area (TPSA) is 95.7 Å². The van der Waals surface area contributed by atoms with E-state index in [1.54, 1.807) is 4.90 Å². The first-order valence-corrected chi connectivity index (χ1v) is 5.61. The average Bonchev–Trinajstić information content (AvgIpc) is 2.85. The molecule has 0 spiro atoms. The molecule has 7 heteroatoms. The van der Waals surface area contributed by atoms with Gasteiger partial charge in [-0.25, -0.2) is 4.79 Å². The van der Waals surface area contributed by atoms with Crippen molar-refractivity contribution in [3.63, 3.8) is 0 Å². The molecule has 1 aromatic rings. The van der Waals surface area contributed by atoms with Crippen LogP contribution in [-0.2, 0) is 0 Å². The molecule has 0 saturated carbocycles. The van der Waals surface area contributed by atoms with Gasteiger partial charge < -0.3 is 15.3 Å². The van der Waals surface area contributed by atoms with Crippen LogP contribution in [0, 0.1) is 10.1 Å². The van der Waals surface area contributed by atoms with E-state index in [4.69, 9.17) is 0 Å². The first-order valence-electron chi connectivity index (χ1n) is 5.61. The van der Waals surface area contributed by atoms with Crippen LogP contribution in [0.15, 0.2) is 18.2 Å². The lowest BCUT2D eigenvalue weighted by Gasteiger charge is -2.16. The highest BCUT2D eigenvalue weighted by molar-refractivity contribution is 5.91. The highest BCUT2D eigenvalue weighted by Gasteiger charge is 2.19. The van der Waals surface area contributed by atoms with Crippen molar-refractivity contribution in [2.24, 2.45) is 0 Å². The van der Waals surface area contributed by atoms with Crippen LogP contribution in [0.1, 0.15) is 12.8 Å². The number of likely N-dealkylation sites (tertiary alicyclic amines) is 1. The normalized spacial score (nSPS) is 14.6. The van der Waals surface area contributed by atoms with E-state index in [-0.39, 0.29) is 23.2 Å². The number of hydrogen-bond acceptors (Lipinski definition) is 4. The Bertz CT molecular complexity index is 483. The number of aromatic hydroxyl groups is 1. The second-order valence-corrected chi connectivity index (χ2v) is 4.08. The van der Waals surface area contributed by atoms with Crippen molar-refractivity contribution in [3.05, 3.63) is 28.3 Å². The van der Waals surface area contributed by atoms with Gasteiger partial charge in [-0.3, -0.25) is 10.1 Å². The summed E-state index contributed by atoms with van der Waals surface area (Å²) in [5.74, 6) is -0.187. The van der Waals surface area contributed by atoms with Crippen molar-refractivity contribution in [2.75, 3.05) is 18.4 Å². The zero-order valence-electron chi connectivity index (χ0n) is 9.63. The maximum Gasteiger partial charge on any atom is 0.321 e. The van der Waals surface area contributed by atoms with Crippen LogP contribution in [0.4, 0.5) is 16.2 Å². The van der Waals surface area contributed by atoms with Gasteiger partial charge in [-0.1, -0.05) is 0 Å². The fourth-order valence-electron chi connectivity index (χ4n) is 1.85. The third-order valence-corrected chi connectivity index (χ3v) is 2.83. The molecule has 1 heterocycles. The molecule has 0 unspecified atom stereocenters. The Morgan fingerprint density at radius 2 is 2.06 bits per heavy atom. The number of phenolic OH excluding ortho intramolecular Hbond substituents is 1. The Kier molecular flexibility index (Phi) is 3.31. The minimum absolute atomic E-state index is 0.0566. The Hall–Kier alpha value is -2.31. The number of carbonyl (C=O) groups is 1. The zero-order valence-corrected chi connectivity index (χ0v) is 9.63.